The molecular formula is C11H14N6S. The predicted molar refractivity (Wildman–Crippen MR) is 74.3 cm³/mol. The molecule has 1 aromatic heterocycles. The van der Waals surface area contributed by atoms with Crippen LogP contribution in [0.2, 0.25) is 0 Å². The Morgan fingerprint density at radius 2 is 2.06 bits per heavy atom. The smallest absolute Gasteiger partial charge is 0.263 e. The topological polar surface area (TPSA) is 81.1 Å². The normalized spacial score (nSPS) is 11.0. The number of hydrogen-bond donors (Lipinski definition) is 2. The number of nitrogen functional groups attached to an aromatic ring is 1. The van der Waals surface area contributed by atoms with Crippen molar-refractivity contribution in [1.82, 2.24) is 14.9 Å². The number of rotatable bonds is 4. The van der Waals surface area contributed by atoms with Crippen LogP contribution in [0.5, 0.6) is 0 Å². The van der Waals surface area contributed by atoms with Gasteiger partial charge in [0.25, 0.3) is 5.95 Å². The zero-order chi connectivity index (χ0) is 13.0. The molecule has 94 valence electrons. The lowest BCUT2D eigenvalue weighted by atomic mass is 10.2. The third kappa shape index (κ3) is 2.80. The molecule has 0 fully saturated rings. The Labute approximate surface area is 109 Å². The van der Waals surface area contributed by atoms with E-state index in [1.54, 1.807) is 24.9 Å². The van der Waals surface area contributed by atoms with Crippen molar-refractivity contribution in [3.63, 3.8) is 0 Å². The first-order chi connectivity index (χ1) is 8.70. The molecule has 0 aliphatic rings. The van der Waals surface area contributed by atoms with E-state index in [0.717, 1.165) is 5.56 Å². The van der Waals surface area contributed by atoms with Gasteiger partial charge in [-0.3, -0.25) is 0 Å². The van der Waals surface area contributed by atoms with Gasteiger partial charge in [0.1, 0.15) is 0 Å². The molecule has 0 radical (unpaired) electrons. The molecule has 3 N–H and O–H groups in total. The molecule has 0 spiro atoms. The highest BCUT2D eigenvalue weighted by Gasteiger charge is 2.02. The second-order valence-electron chi connectivity index (χ2n) is 3.58. The summed E-state index contributed by atoms with van der Waals surface area (Å²) in [5.41, 5.74) is 3.74. The van der Waals surface area contributed by atoms with Crippen LogP contribution in [0.3, 0.4) is 0 Å². The van der Waals surface area contributed by atoms with Crippen LogP contribution in [0.15, 0.2) is 34.3 Å². The van der Waals surface area contributed by atoms with Gasteiger partial charge < -0.3 is 5.84 Å². The number of aryl methyl sites for hydroxylation is 1. The molecule has 2 rings (SSSR count). The van der Waals surface area contributed by atoms with Crippen molar-refractivity contribution >= 4 is 23.9 Å². The van der Waals surface area contributed by atoms with Crippen molar-refractivity contribution in [3.8, 4) is 0 Å². The van der Waals surface area contributed by atoms with E-state index in [2.05, 4.69) is 20.7 Å². The summed E-state index contributed by atoms with van der Waals surface area (Å²) in [5, 5.41) is 11.7. The molecule has 2 aromatic rings. The molecule has 0 unspecified atom stereocenters. The Morgan fingerprint density at radius 3 is 2.61 bits per heavy atom. The van der Waals surface area contributed by atoms with Crippen molar-refractivity contribution in [2.75, 3.05) is 17.5 Å². The van der Waals surface area contributed by atoms with Crippen molar-refractivity contribution in [2.45, 2.75) is 11.8 Å². The van der Waals surface area contributed by atoms with Crippen LogP contribution in [0.4, 0.5) is 5.95 Å². The number of hydrazone groups is 1. The third-order valence-electron chi connectivity index (χ3n) is 2.36. The summed E-state index contributed by atoms with van der Waals surface area (Å²) in [4.78, 5) is 1.22. The van der Waals surface area contributed by atoms with E-state index < -0.39 is 0 Å². The Balaban J connectivity index is 2.00. The van der Waals surface area contributed by atoms with Gasteiger partial charge in [-0.2, -0.15) is 5.10 Å². The fourth-order valence-electron chi connectivity index (χ4n) is 1.30. The second-order valence-corrected chi connectivity index (χ2v) is 4.46. The highest BCUT2D eigenvalue weighted by atomic mass is 32.2. The first kappa shape index (κ1) is 12.4. The molecule has 0 saturated carbocycles. The van der Waals surface area contributed by atoms with E-state index >= 15 is 0 Å². The third-order valence-corrected chi connectivity index (χ3v) is 3.10. The van der Waals surface area contributed by atoms with E-state index in [9.17, 15) is 0 Å². The zero-order valence-corrected chi connectivity index (χ0v) is 11.0. The minimum Gasteiger partial charge on any atom is -0.335 e. The molecule has 0 bridgehead atoms. The quantitative estimate of drug-likeness (QED) is 0.377. The average Bonchev–Trinajstić information content (AvgIpc) is 2.71. The molecule has 0 atom stereocenters. The van der Waals surface area contributed by atoms with Gasteiger partial charge in [-0.25, -0.2) is 10.1 Å². The van der Waals surface area contributed by atoms with Gasteiger partial charge in [-0.15, -0.1) is 22.0 Å². The Morgan fingerprint density at radius 1 is 1.33 bits per heavy atom. The van der Waals surface area contributed by atoms with Crippen LogP contribution in [-0.4, -0.2) is 27.3 Å². The predicted octanol–water partition coefficient (Wildman–Crippen LogP) is 1.47. The van der Waals surface area contributed by atoms with Gasteiger partial charge in [-0.05, 0) is 30.9 Å². The maximum absolute atomic E-state index is 5.67. The van der Waals surface area contributed by atoms with Crippen LogP contribution in [0, 0.1) is 6.92 Å². The van der Waals surface area contributed by atoms with Crippen molar-refractivity contribution in [3.05, 3.63) is 35.7 Å². The summed E-state index contributed by atoms with van der Waals surface area (Å²) < 4.78 is 1.34. The van der Waals surface area contributed by atoms with Gasteiger partial charge in [0, 0.05) is 4.90 Å². The lowest BCUT2D eigenvalue weighted by molar-refractivity contribution is 0.926. The number of benzene rings is 1. The van der Waals surface area contributed by atoms with Crippen LogP contribution in [-0.2, 0) is 0 Å². The molecule has 0 aliphatic heterocycles. The van der Waals surface area contributed by atoms with E-state index in [4.69, 9.17) is 5.84 Å². The van der Waals surface area contributed by atoms with E-state index in [1.165, 1.54) is 9.57 Å². The van der Waals surface area contributed by atoms with E-state index in [0.29, 0.717) is 11.8 Å². The van der Waals surface area contributed by atoms with Gasteiger partial charge in [0.05, 0.1) is 6.21 Å². The van der Waals surface area contributed by atoms with Gasteiger partial charge in [-0.1, -0.05) is 12.1 Å². The van der Waals surface area contributed by atoms with Crippen LogP contribution in [0.25, 0.3) is 0 Å². The molecule has 0 saturated heterocycles. The minimum absolute atomic E-state index is 0.407. The number of nitrogens with zero attached hydrogens (tertiary/aromatic N) is 4. The highest BCUT2D eigenvalue weighted by Crippen LogP contribution is 2.13. The molecule has 18 heavy (non-hydrogen) atoms. The van der Waals surface area contributed by atoms with Crippen molar-refractivity contribution in [1.29, 1.82) is 0 Å². The van der Waals surface area contributed by atoms with Gasteiger partial charge in [0.15, 0.2) is 5.82 Å². The molecule has 1 aromatic carbocycles. The first-order valence-corrected chi connectivity index (χ1v) is 6.53. The van der Waals surface area contributed by atoms with Gasteiger partial charge in [0.2, 0.25) is 0 Å². The summed E-state index contributed by atoms with van der Waals surface area (Å²) >= 11 is 1.70. The number of aromatic nitrogens is 3. The van der Waals surface area contributed by atoms with Gasteiger partial charge >= 0.3 is 0 Å². The number of nitrogens with one attached hydrogen (secondary N) is 1. The molecule has 6 nitrogen and oxygen atoms in total. The Hall–Kier alpha value is -2.02. The number of nitrogens with two attached hydrogens (primary N) is 1. The summed E-state index contributed by atoms with van der Waals surface area (Å²) in [7, 11) is 0. The molecule has 0 amide bonds. The summed E-state index contributed by atoms with van der Waals surface area (Å²) in [6.07, 6.45) is 3.75. The second kappa shape index (κ2) is 5.54. The van der Waals surface area contributed by atoms with Crippen LogP contribution < -0.4 is 11.3 Å². The Bertz CT molecular complexity index is 545. The maximum Gasteiger partial charge on any atom is 0.263 e. The fourth-order valence-corrected chi connectivity index (χ4v) is 1.71. The number of hydrogen-bond acceptors (Lipinski definition) is 6. The summed E-state index contributed by atoms with van der Waals surface area (Å²) in [5.74, 6) is 6.70. The van der Waals surface area contributed by atoms with Crippen molar-refractivity contribution < 1.29 is 0 Å². The molecule has 0 aliphatic carbocycles. The maximum atomic E-state index is 5.67. The SMILES string of the molecule is CSc1ccc(C=NNc2nnc(C)n2N)cc1. The van der Waals surface area contributed by atoms with Crippen LogP contribution in [0.1, 0.15) is 11.4 Å². The molecule has 1 heterocycles. The standard InChI is InChI=1S/C11H14N6S/c1-8-14-16-11(17(8)12)15-13-7-9-3-5-10(18-2)6-4-9/h3-7H,12H2,1-2H3,(H,15,16). The zero-order valence-electron chi connectivity index (χ0n) is 10.2. The lowest BCUT2D eigenvalue weighted by Gasteiger charge is -1.99. The van der Waals surface area contributed by atoms with Crippen LogP contribution >= 0.6 is 11.8 Å². The number of thioether (sulfide) groups is 1. The van der Waals surface area contributed by atoms with E-state index in [1.807, 2.05) is 30.5 Å². The molecular weight excluding hydrogens is 248 g/mol. The Kier molecular flexibility index (Phi) is 3.83. The lowest BCUT2D eigenvalue weighted by Crippen LogP contribution is -2.13. The largest absolute Gasteiger partial charge is 0.335 e. The van der Waals surface area contributed by atoms with E-state index in [-0.39, 0.29) is 0 Å². The number of anilines is 1. The van der Waals surface area contributed by atoms with Crippen molar-refractivity contribution in [2.24, 2.45) is 5.10 Å². The average molecular weight is 262 g/mol. The monoisotopic (exact) mass is 262 g/mol. The summed E-state index contributed by atoms with van der Waals surface area (Å²) in [6, 6.07) is 8.08. The summed E-state index contributed by atoms with van der Waals surface area (Å²) in [6.45, 7) is 1.77. The minimum atomic E-state index is 0.407. The molecule has 7 heteroatoms. The fraction of sp³-hybridized carbons (Fsp3) is 0.182. The first-order valence-electron chi connectivity index (χ1n) is 5.31. The highest BCUT2D eigenvalue weighted by molar-refractivity contribution is 7.98.